The van der Waals surface area contributed by atoms with Crippen molar-refractivity contribution in [2.24, 2.45) is 0 Å². The van der Waals surface area contributed by atoms with Gasteiger partial charge in [0.25, 0.3) is 0 Å². The summed E-state index contributed by atoms with van der Waals surface area (Å²) in [5.41, 5.74) is 2.11. The van der Waals surface area contributed by atoms with Crippen LogP contribution < -0.4 is 10.2 Å². The van der Waals surface area contributed by atoms with E-state index >= 15 is 0 Å². The van der Waals surface area contributed by atoms with Crippen molar-refractivity contribution >= 4 is 5.69 Å². The fourth-order valence-electron chi connectivity index (χ4n) is 3.81. The maximum atomic E-state index is 13.9. The smallest absolute Gasteiger partial charge is 0.128 e. The van der Waals surface area contributed by atoms with Gasteiger partial charge in [0.2, 0.25) is 0 Å². The van der Waals surface area contributed by atoms with Crippen LogP contribution in [0.2, 0.25) is 0 Å². The molecule has 1 unspecified atom stereocenters. The Bertz CT molecular complexity index is 480. The van der Waals surface area contributed by atoms with E-state index in [9.17, 15) is 4.39 Å². The largest absolute Gasteiger partial charge is 0.365 e. The first kappa shape index (κ1) is 13.9. The Balaban J connectivity index is 1.88. The second-order valence-corrected chi connectivity index (χ2v) is 6.58. The van der Waals surface area contributed by atoms with Crippen molar-refractivity contribution in [3.05, 3.63) is 29.6 Å². The van der Waals surface area contributed by atoms with Crippen LogP contribution in [-0.4, -0.2) is 24.7 Å². The lowest BCUT2D eigenvalue weighted by atomic mass is 9.79. The number of hydrogen-bond acceptors (Lipinski definition) is 2. The summed E-state index contributed by atoms with van der Waals surface area (Å²) in [6.45, 7) is 6.13. The van der Waals surface area contributed by atoms with E-state index in [1.54, 1.807) is 6.07 Å². The average molecular weight is 276 g/mol. The number of nitrogens with one attached hydrogen (secondary N) is 1. The molecule has 1 heterocycles. The summed E-state index contributed by atoms with van der Waals surface area (Å²) in [4.78, 5) is 2.42. The third kappa shape index (κ3) is 2.44. The molecule has 1 aromatic carbocycles. The minimum atomic E-state index is -0.0917. The molecular weight excluding hydrogens is 251 g/mol. The molecule has 1 atom stereocenters. The molecule has 0 bridgehead atoms. The topological polar surface area (TPSA) is 15.3 Å². The van der Waals surface area contributed by atoms with Crippen molar-refractivity contribution in [2.75, 3.05) is 18.0 Å². The number of anilines is 1. The third-order valence-corrected chi connectivity index (χ3v) is 5.14. The van der Waals surface area contributed by atoms with Crippen molar-refractivity contribution in [3.63, 3.8) is 0 Å². The molecule has 1 aliphatic heterocycles. The zero-order chi connectivity index (χ0) is 14.2. The van der Waals surface area contributed by atoms with Crippen LogP contribution in [0.4, 0.5) is 10.1 Å². The van der Waals surface area contributed by atoms with Crippen LogP contribution in [0.15, 0.2) is 18.2 Å². The van der Waals surface area contributed by atoms with E-state index in [0.29, 0.717) is 6.04 Å². The fourth-order valence-corrected chi connectivity index (χ4v) is 3.81. The summed E-state index contributed by atoms with van der Waals surface area (Å²) >= 11 is 0. The van der Waals surface area contributed by atoms with Crippen LogP contribution in [0, 0.1) is 12.7 Å². The van der Waals surface area contributed by atoms with E-state index in [4.69, 9.17) is 0 Å². The van der Waals surface area contributed by atoms with E-state index in [-0.39, 0.29) is 11.4 Å². The molecule has 1 spiro atoms. The lowest BCUT2D eigenvalue weighted by Crippen LogP contribution is -2.64. The van der Waals surface area contributed by atoms with Gasteiger partial charge in [0.15, 0.2) is 0 Å². The van der Waals surface area contributed by atoms with Gasteiger partial charge in [0.05, 0.1) is 0 Å². The summed E-state index contributed by atoms with van der Waals surface area (Å²) in [6.07, 6.45) is 6.50. The van der Waals surface area contributed by atoms with E-state index in [0.717, 1.165) is 24.3 Å². The molecule has 3 rings (SSSR count). The number of hydrogen-bond donors (Lipinski definition) is 1. The monoisotopic (exact) mass is 276 g/mol. The molecule has 3 heteroatoms. The van der Waals surface area contributed by atoms with Crippen LogP contribution in [0.5, 0.6) is 0 Å². The van der Waals surface area contributed by atoms with Crippen molar-refractivity contribution < 1.29 is 4.39 Å². The van der Waals surface area contributed by atoms with Gasteiger partial charge in [-0.05, 0) is 38.8 Å². The van der Waals surface area contributed by atoms with Gasteiger partial charge < -0.3 is 10.2 Å². The van der Waals surface area contributed by atoms with E-state index in [1.807, 2.05) is 13.0 Å². The van der Waals surface area contributed by atoms with Crippen LogP contribution in [0.3, 0.4) is 0 Å². The second-order valence-electron chi connectivity index (χ2n) is 6.58. The van der Waals surface area contributed by atoms with Gasteiger partial charge in [-0.2, -0.15) is 0 Å². The summed E-state index contributed by atoms with van der Waals surface area (Å²) in [5.74, 6) is -0.0917. The summed E-state index contributed by atoms with van der Waals surface area (Å²) in [7, 11) is 0. The molecule has 110 valence electrons. The molecule has 0 radical (unpaired) electrons. The van der Waals surface area contributed by atoms with Crippen LogP contribution in [-0.2, 0) is 0 Å². The van der Waals surface area contributed by atoms with Crippen molar-refractivity contribution in [3.8, 4) is 0 Å². The maximum Gasteiger partial charge on any atom is 0.128 e. The highest BCUT2D eigenvalue weighted by Crippen LogP contribution is 2.35. The predicted molar refractivity (Wildman–Crippen MR) is 81.8 cm³/mol. The Hall–Kier alpha value is -1.09. The van der Waals surface area contributed by atoms with Gasteiger partial charge in [-0.3, -0.25) is 0 Å². The van der Waals surface area contributed by atoms with Crippen LogP contribution >= 0.6 is 0 Å². The first-order valence-corrected chi connectivity index (χ1v) is 7.88. The first-order chi connectivity index (χ1) is 9.61. The van der Waals surface area contributed by atoms with Gasteiger partial charge in [0, 0.05) is 35.9 Å². The number of benzene rings is 1. The Morgan fingerprint density at radius 1 is 1.25 bits per heavy atom. The van der Waals surface area contributed by atoms with Gasteiger partial charge in [-0.15, -0.1) is 0 Å². The van der Waals surface area contributed by atoms with Gasteiger partial charge in [-0.1, -0.05) is 25.3 Å². The minimum Gasteiger partial charge on any atom is -0.365 e. The minimum absolute atomic E-state index is 0.0917. The van der Waals surface area contributed by atoms with Crippen LogP contribution in [0.1, 0.15) is 44.6 Å². The fraction of sp³-hybridized carbons (Fsp3) is 0.647. The zero-order valence-electron chi connectivity index (χ0n) is 12.6. The normalized spacial score (nSPS) is 25.9. The average Bonchev–Trinajstić information content (AvgIpc) is 2.46. The molecule has 1 N–H and O–H groups in total. The van der Waals surface area contributed by atoms with E-state index in [2.05, 4.69) is 23.2 Å². The molecule has 2 fully saturated rings. The van der Waals surface area contributed by atoms with Gasteiger partial charge in [0.1, 0.15) is 5.82 Å². The molecule has 1 aromatic rings. The molecule has 1 saturated carbocycles. The third-order valence-electron chi connectivity index (χ3n) is 5.14. The highest BCUT2D eigenvalue weighted by molar-refractivity contribution is 5.55. The number of halogens is 1. The standard InChI is InChI=1S/C17H25FN2/c1-13-11-19-17(9-4-3-5-10-17)12-20(13)16-8-6-7-15(18)14(16)2/h6-8,13,19H,3-5,9-12H2,1-2H3. The second kappa shape index (κ2) is 5.36. The predicted octanol–water partition coefficient (Wildman–Crippen LogP) is 3.64. The zero-order valence-corrected chi connectivity index (χ0v) is 12.6. The highest BCUT2D eigenvalue weighted by atomic mass is 19.1. The molecule has 2 aliphatic rings. The van der Waals surface area contributed by atoms with Gasteiger partial charge >= 0.3 is 0 Å². The number of rotatable bonds is 1. The Labute approximate surface area is 121 Å². The van der Waals surface area contributed by atoms with E-state index < -0.39 is 0 Å². The van der Waals surface area contributed by atoms with Crippen molar-refractivity contribution in [1.29, 1.82) is 0 Å². The molecule has 0 amide bonds. The molecule has 2 nitrogen and oxygen atoms in total. The lowest BCUT2D eigenvalue weighted by molar-refractivity contribution is 0.200. The van der Waals surface area contributed by atoms with Crippen LogP contribution in [0.25, 0.3) is 0 Å². The Kier molecular flexibility index (Phi) is 3.72. The Morgan fingerprint density at radius 3 is 2.75 bits per heavy atom. The highest BCUT2D eigenvalue weighted by Gasteiger charge is 2.39. The maximum absolute atomic E-state index is 13.9. The summed E-state index contributed by atoms with van der Waals surface area (Å²) in [6, 6.07) is 5.88. The lowest BCUT2D eigenvalue weighted by Gasteiger charge is -2.50. The SMILES string of the molecule is Cc1c(F)cccc1N1CC2(CCCCC2)NCC1C. The first-order valence-electron chi connectivity index (χ1n) is 7.88. The van der Waals surface area contributed by atoms with E-state index in [1.165, 1.54) is 32.1 Å². The van der Waals surface area contributed by atoms with Crippen molar-refractivity contribution in [1.82, 2.24) is 5.32 Å². The number of nitrogens with zero attached hydrogens (tertiary/aromatic N) is 1. The quantitative estimate of drug-likeness (QED) is 0.842. The molecule has 20 heavy (non-hydrogen) atoms. The van der Waals surface area contributed by atoms with Crippen molar-refractivity contribution in [2.45, 2.75) is 57.5 Å². The Morgan fingerprint density at radius 2 is 2.00 bits per heavy atom. The number of piperazine rings is 1. The summed E-state index contributed by atoms with van der Waals surface area (Å²) in [5, 5.41) is 3.78. The summed E-state index contributed by atoms with van der Waals surface area (Å²) < 4.78 is 13.9. The molecule has 1 saturated heterocycles. The van der Waals surface area contributed by atoms with Gasteiger partial charge in [-0.25, -0.2) is 4.39 Å². The molecule has 1 aliphatic carbocycles. The molecular formula is C17H25FN2. The molecule has 0 aromatic heterocycles.